The fraction of sp³-hybridized carbons (Fsp3) is 0.278. The lowest BCUT2D eigenvalue weighted by Gasteiger charge is -2.28. The van der Waals surface area contributed by atoms with Crippen LogP contribution in [0, 0.1) is 3.57 Å². The van der Waals surface area contributed by atoms with Crippen molar-refractivity contribution in [2.75, 3.05) is 19.6 Å². The molecule has 0 fully saturated rings. The molecule has 0 radical (unpaired) electrons. The molecule has 0 aliphatic carbocycles. The Kier molecular flexibility index (Phi) is 5.10. The van der Waals surface area contributed by atoms with Crippen molar-refractivity contribution in [2.45, 2.75) is 13.0 Å². The minimum Gasteiger partial charge on any atom is -0.351 e. The minimum absolute atomic E-state index is 0.0101. The van der Waals surface area contributed by atoms with Crippen LogP contribution in [0.15, 0.2) is 48.5 Å². The summed E-state index contributed by atoms with van der Waals surface area (Å²) < 4.78 is 1.08. The maximum atomic E-state index is 12.1. The molecule has 2 aromatic rings. The monoisotopic (exact) mass is 406 g/mol. The summed E-state index contributed by atoms with van der Waals surface area (Å²) in [6, 6.07) is 16.3. The van der Waals surface area contributed by atoms with E-state index in [2.05, 4.69) is 57.1 Å². The average Bonchev–Trinajstić information content (AvgIpc) is 2.54. The minimum atomic E-state index is 0.0101. The summed E-state index contributed by atoms with van der Waals surface area (Å²) in [6.07, 6.45) is 1.10. The number of rotatable bonds is 4. The van der Waals surface area contributed by atoms with E-state index in [-0.39, 0.29) is 5.91 Å². The van der Waals surface area contributed by atoms with Gasteiger partial charge in [0.1, 0.15) is 0 Å². The summed E-state index contributed by atoms with van der Waals surface area (Å²) in [7, 11) is 0. The number of nitrogens with one attached hydrogen (secondary N) is 1. The zero-order chi connectivity index (χ0) is 15.4. The van der Waals surface area contributed by atoms with Gasteiger partial charge in [-0.2, -0.15) is 0 Å². The Hall–Kier alpha value is -1.40. The fourth-order valence-electron chi connectivity index (χ4n) is 2.80. The summed E-state index contributed by atoms with van der Waals surface area (Å²) in [5.74, 6) is 0.0101. The van der Waals surface area contributed by atoms with E-state index >= 15 is 0 Å². The van der Waals surface area contributed by atoms with Gasteiger partial charge in [-0.1, -0.05) is 30.3 Å². The molecular formula is C18H19IN2O. The average molecular weight is 406 g/mol. The highest BCUT2D eigenvalue weighted by molar-refractivity contribution is 14.1. The number of benzene rings is 2. The second-order valence-electron chi connectivity index (χ2n) is 5.56. The van der Waals surface area contributed by atoms with E-state index in [1.807, 2.05) is 24.3 Å². The molecule has 1 aliphatic heterocycles. The van der Waals surface area contributed by atoms with Gasteiger partial charge in [-0.05, 0) is 58.3 Å². The Morgan fingerprint density at radius 1 is 1.14 bits per heavy atom. The normalized spacial score (nSPS) is 14.4. The van der Waals surface area contributed by atoms with E-state index in [9.17, 15) is 4.79 Å². The quantitative estimate of drug-likeness (QED) is 0.792. The molecule has 1 amide bonds. The van der Waals surface area contributed by atoms with Crippen LogP contribution in [0.1, 0.15) is 21.5 Å². The highest BCUT2D eigenvalue weighted by atomic mass is 127. The van der Waals surface area contributed by atoms with Gasteiger partial charge in [-0.25, -0.2) is 0 Å². The predicted molar refractivity (Wildman–Crippen MR) is 96.9 cm³/mol. The number of hydrogen-bond acceptors (Lipinski definition) is 2. The van der Waals surface area contributed by atoms with E-state index in [0.29, 0.717) is 6.54 Å². The van der Waals surface area contributed by atoms with Crippen LogP contribution in [-0.4, -0.2) is 30.4 Å². The maximum Gasteiger partial charge on any atom is 0.251 e. The van der Waals surface area contributed by atoms with Crippen molar-refractivity contribution < 1.29 is 4.79 Å². The summed E-state index contributed by atoms with van der Waals surface area (Å²) in [5, 5.41) is 3.01. The molecule has 1 N–H and O–H groups in total. The number of hydrogen-bond donors (Lipinski definition) is 1. The van der Waals surface area contributed by atoms with Gasteiger partial charge < -0.3 is 5.32 Å². The van der Waals surface area contributed by atoms with Crippen LogP contribution < -0.4 is 5.32 Å². The molecule has 1 heterocycles. The van der Waals surface area contributed by atoms with Gasteiger partial charge in [0.05, 0.1) is 0 Å². The van der Waals surface area contributed by atoms with Gasteiger partial charge in [-0.15, -0.1) is 0 Å². The van der Waals surface area contributed by atoms with Crippen LogP contribution in [0.4, 0.5) is 0 Å². The first-order valence-corrected chi connectivity index (χ1v) is 8.63. The van der Waals surface area contributed by atoms with E-state index in [1.165, 1.54) is 11.1 Å². The topological polar surface area (TPSA) is 32.3 Å². The van der Waals surface area contributed by atoms with E-state index < -0.39 is 0 Å². The Bertz CT molecular complexity index is 672. The predicted octanol–water partition coefficient (Wildman–Crippen LogP) is 3.08. The van der Waals surface area contributed by atoms with E-state index in [1.54, 1.807) is 0 Å². The zero-order valence-electron chi connectivity index (χ0n) is 12.4. The first kappa shape index (κ1) is 15.5. The summed E-state index contributed by atoms with van der Waals surface area (Å²) in [4.78, 5) is 14.5. The number of nitrogens with zero attached hydrogens (tertiary/aromatic N) is 1. The highest BCUT2D eigenvalue weighted by Crippen LogP contribution is 2.17. The van der Waals surface area contributed by atoms with Gasteiger partial charge in [0.15, 0.2) is 0 Å². The number of halogens is 1. The van der Waals surface area contributed by atoms with Crippen LogP contribution in [0.3, 0.4) is 0 Å². The van der Waals surface area contributed by atoms with Crippen molar-refractivity contribution in [1.82, 2.24) is 10.2 Å². The second kappa shape index (κ2) is 7.24. The molecule has 0 bridgehead atoms. The lowest BCUT2D eigenvalue weighted by atomic mass is 10.00. The third-order valence-electron chi connectivity index (χ3n) is 4.01. The molecular weight excluding hydrogens is 387 g/mol. The molecule has 2 aromatic carbocycles. The molecule has 0 atom stereocenters. The Labute approximate surface area is 144 Å². The van der Waals surface area contributed by atoms with E-state index in [0.717, 1.165) is 35.2 Å². The molecule has 0 aromatic heterocycles. The van der Waals surface area contributed by atoms with Crippen LogP contribution in [-0.2, 0) is 13.0 Å². The van der Waals surface area contributed by atoms with Crippen LogP contribution in [0.2, 0.25) is 0 Å². The number of carbonyl (C=O) groups is 1. The molecule has 0 saturated heterocycles. The van der Waals surface area contributed by atoms with Crippen molar-refractivity contribution in [1.29, 1.82) is 0 Å². The van der Waals surface area contributed by atoms with Crippen molar-refractivity contribution in [3.63, 3.8) is 0 Å². The van der Waals surface area contributed by atoms with Gasteiger partial charge in [0.25, 0.3) is 5.91 Å². The SMILES string of the molecule is O=C(NCCN1CCc2ccccc2C1)c1cccc(I)c1. The molecule has 1 aliphatic rings. The number of amides is 1. The summed E-state index contributed by atoms with van der Waals surface area (Å²) in [6.45, 7) is 3.63. The number of carbonyl (C=O) groups excluding carboxylic acids is 1. The Morgan fingerprint density at radius 3 is 2.77 bits per heavy atom. The molecule has 0 unspecified atom stereocenters. The van der Waals surface area contributed by atoms with Crippen molar-refractivity contribution >= 4 is 28.5 Å². The number of fused-ring (bicyclic) bond motifs is 1. The van der Waals surface area contributed by atoms with Crippen LogP contribution >= 0.6 is 22.6 Å². The molecule has 22 heavy (non-hydrogen) atoms. The zero-order valence-corrected chi connectivity index (χ0v) is 14.5. The molecule has 4 heteroatoms. The largest absolute Gasteiger partial charge is 0.351 e. The molecule has 114 valence electrons. The first-order valence-electron chi connectivity index (χ1n) is 7.55. The maximum absolute atomic E-state index is 12.1. The van der Waals surface area contributed by atoms with Crippen LogP contribution in [0.5, 0.6) is 0 Å². The van der Waals surface area contributed by atoms with Gasteiger partial charge in [0.2, 0.25) is 0 Å². The lowest BCUT2D eigenvalue weighted by molar-refractivity contribution is 0.0947. The van der Waals surface area contributed by atoms with Crippen molar-refractivity contribution in [3.05, 3.63) is 68.8 Å². The molecule has 3 nitrogen and oxygen atoms in total. The van der Waals surface area contributed by atoms with Gasteiger partial charge in [-0.3, -0.25) is 9.69 Å². The summed E-state index contributed by atoms with van der Waals surface area (Å²) in [5.41, 5.74) is 3.61. The highest BCUT2D eigenvalue weighted by Gasteiger charge is 2.15. The van der Waals surface area contributed by atoms with Crippen molar-refractivity contribution in [2.24, 2.45) is 0 Å². The van der Waals surface area contributed by atoms with Crippen LogP contribution in [0.25, 0.3) is 0 Å². The fourth-order valence-corrected chi connectivity index (χ4v) is 3.35. The second-order valence-corrected chi connectivity index (χ2v) is 6.81. The van der Waals surface area contributed by atoms with E-state index in [4.69, 9.17) is 0 Å². The smallest absolute Gasteiger partial charge is 0.251 e. The Morgan fingerprint density at radius 2 is 1.95 bits per heavy atom. The molecule has 3 rings (SSSR count). The lowest BCUT2D eigenvalue weighted by Crippen LogP contribution is -2.37. The Balaban J connectivity index is 1.49. The third kappa shape index (κ3) is 3.87. The summed E-state index contributed by atoms with van der Waals surface area (Å²) >= 11 is 2.22. The standard InChI is InChI=1S/C18H19IN2O/c19-17-7-3-6-15(12-17)18(22)20-9-11-21-10-8-14-4-1-2-5-16(14)13-21/h1-7,12H,8-11,13H2,(H,20,22). The third-order valence-corrected chi connectivity index (χ3v) is 4.68. The molecule has 0 saturated carbocycles. The van der Waals surface area contributed by atoms with Crippen molar-refractivity contribution in [3.8, 4) is 0 Å². The first-order chi connectivity index (χ1) is 10.7. The van der Waals surface area contributed by atoms with Gasteiger partial charge >= 0.3 is 0 Å². The molecule has 0 spiro atoms. The van der Waals surface area contributed by atoms with Gasteiger partial charge in [0, 0.05) is 35.3 Å².